The zero-order valence-electron chi connectivity index (χ0n) is 17.9. The number of rotatable bonds is 7. The van der Waals surface area contributed by atoms with Crippen LogP contribution in [0.15, 0.2) is 34.8 Å². The van der Waals surface area contributed by atoms with Crippen LogP contribution in [0, 0.1) is 0 Å². The molecule has 0 spiro atoms. The molecule has 1 fully saturated rings. The van der Waals surface area contributed by atoms with Gasteiger partial charge in [0, 0.05) is 38.2 Å². The third kappa shape index (κ3) is 4.76. The number of carbonyl (C=O) groups is 1. The first-order valence-corrected chi connectivity index (χ1v) is 12.1. The Hall–Kier alpha value is -2.43. The first-order chi connectivity index (χ1) is 15.1. The van der Waals surface area contributed by atoms with Gasteiger partial charge in [-0.25, -0.2) is 4.98 Å². The summed E-state index contributed by atoms with van der Waals surface area (Å²) in [6.45, 7) is 6.75. The number of carbonyl (C=O) groups excluding carboxylic acids is 1. The molecule has 31 heavy (non-hydrogen) atoms. The highest BCUT2D eigenvalue weighted by Crippen LogP contribution is 2.33. The van der Waals surface area contributed by atoms with Crippen molar-refractivity contribution in [1.82, 2.24) is 19.7 Å². The number of hydrogen-bond donors (Lipinski definition) is 0. The number of anilines is 3. The van der Waals surface area contributed by atoms with Crippen LogP contribution in [0.1, 0.15) is 25.1 Å². The highest BCUT2D eigenvalue weighted by Gasteiger charge is 2.21. The molecule has 0 radical (unpaired) electrons. The number of hydrogen-bond acceptors (Lipinski definition) is 8. The molecule has 1 aliphatic heterocycles. The fraction of sp³-hybridized carbons (Fsp3) is 0.429. The van der Waals surface area contributed by atoms with Crippen LogP contribution < -0.4 is 9.80 Å². The highest BCUT2D eigenvalue weighted by molar-refractivity contribution is 7.98. The smallest absolute Gasteiger partial charge is 0.230 e. The van der Waals surface area contributed by atoms with Crippen LogP contribution in [0.3, 0.4) is 0 Å². The Kier molecular flexibility index (Phi) is 6.89. The molecular weight excluding hydrogens is 432 g/mol. The van der Waals surface area contributed by atoms with Crippen molar-refractivity contribution in [3.8, 4) is 0 Å². The number of ether oxygens (including phenoxy) is 1. The van der Waals surface area contributed by atoms with Crippen LogP contribution in [-0.2, 0) is 28.8 Å². The van der Waals surface area contributed by atoms with E-state index in [0.717, 1.165) is 47.6 Å². The summed E-state index contributed by atoms with van der Waals surface area (Å²) in [6.07, 6.45) is 0.853. The molecule has 164 valence electrons. The van der Waals surface area contributed by atoms with Gasteiger partial charge in [0.2, 0.25) is 11.9 Å². The third-order valence-electron chi connectivity index (χ3n) is 5.11. The van der Waals surface area contributed by atoms with Crippen molar-refractivity contribution < 1.29 is 9.53 Å². The number of nitrogens with zero attached hydrogens (tertiary/aromatic N) is 6. The molecule has 0 bridgehead atoms. The van der Waals surface area contributed by atoms with E-state index < -0.39 is 0 Å². The predicted octanol–water partition coefficient (Wildman–Crippen LogP) is 3.65. The largest absolute Gasteiger partial charge is 0.378 e. The normalized spacial score (nSPS) is 14.1. The molecule has 2 aromatic heterocycles. The molecule has 4 rings (SSSR count). The number of para-hydroxylation sites is 1. The maximum Gasteiger partial charge on any atom is 0.230 e. The topological polar surface area (TPSA) is 76.4 Å². The number of aryl methyl sites for hydroxylation is 1. The van der Waals surface area contributed by atoms with Crippen LogP contribution in [0.4, 0.5) is 16.8 Å². The van der Waals surface area contributed by atoms with E-state index in [2.05, 4.69) is 28.1 Å². The second kappa shape index (κ2) is 9.80. The van der Waals surface area contributed by atoms with Crippen molar-refractivity contribution >= 4 is 45.8 Å². The van der Waals surface area contributed by atoms with Gasteiger partial charge in [-0.2, -0.15) is 0 Å². The molecule has 0 unspecified atom stereocenters. The van der Waals surface area contributed by atoms with Crippen LogP contribution in [0.25, 0.3) is 0 Å². The van der Waals surface area contributed by atoms with Crippen molar-refractivity contribution in [2.45, 2.75) is 31.2 Å². The quantitative estimate of drug-likeness (QED) is 0.500. The van der Waals surface area contributed by atoms with Crippen LogP contribution in [0.5, 0.6) is 0 Å². The summed E-state index contributed by atoms with van der Waals surface area (Å²) in [5.74, 6) is 1.48. The first-order valence-electron chi connectivity index (χ1n) is 10.3. The molecule has 1 aromatic carbocycles. The molecule has 0 atom stereocenters. The summed E-state index contributed by atoms with van der Waals surface area (Å²) < 4.78 is 7.44. The molecule has 8 nitrogen and oxygen atoms in total. The fourth-order valence-electron chi connectivity index (χ4n) is 3.51. The summed E-state index contributed by atoms with van der Waals surface area (Å²) in [7, 11) is 1.98. The van der Waals surface area contributed by atoms with E-state index in [1.807, 2.05) is 35.2 Å². The van der Waals surface area contributed by atoms with E-state index in [1.54, 1.807) is 23.6 Å². The fourth-order valence-corrected chi connectivity index (χ4v) is 5.29. The second-order valence-electron chi connectivity index (χ2n) is 7.19. The minimum atomic E-state index is -0.0436. The van der Waals surface area contributed by atoms with E-state index in [1.165, 1.54) is 11.3 Å². The Labute approximate surface area is 190 Å². The van der Waals surface area contributed by atoms with Crippen molar-refractivity contribution in [3.63, 3.8) is 0 Å². The zero-order chi connectivity index (χ0) is 21.8. The number of amides is 1. The molecule has 0 N–H and O–H groups in total. The summed E-state index contributed by atoms with van der Waals surface area (Å²) in [4.78, 5) is 21.1. The lowest BCUT2D eigenvalue weighted by Gasteiger charge is -2.27. The summed E-state index contributed by atoms with van der Waals surface area (Å²) in [6, 6.07) is 7.98. The highest BCUT2D eigenvalue weighted by atomic mass is 32.2. The van der Waals surface area contributed by atoms with Gasteiger partial charge < -0.3 is 9.64 Å². The zero-order valence-corrected chi connectivity index (χ0v) is 19.6. The van der Waals surface area contributed by atoms with Crippen molar-refractivity contribution in [3.05, 3.63) is 40.9 Å². The molecule has 0 aliphatic carbocycles. The standard InChI is InChI=1S/C21H26N6O2S2/c1-4-16-7-5-6-8-18(16)27(15(2)28)20-22-17(13-30-20)14-31-21-24-23-19(25(21)3)26-9-11-29-12-10-26/h5-8,13H,4,9-12,14H2,1-3H3. The summed E-state index contributed by atoms with van der Waals surface area (Å²) >= 11 is 3.08. The Morgan fingerprint density at radius 2 is 2.03 bits per heavy atom. The lowest BCUT2D eigenvalue weighted by Crippen LogP contribution is -2.37. The van der Waals surface area contributed by atoms with Crippen molar-refractivity contribution in [1.29, 1.82) is 0 Å². The van der Waals surface area contributed by atoms with E-state index in [9.17, 15) is 4.79 Å². The van der Waals surface area contributed by atoms with E-state index in [4.69, 9.17) is 9.72 Å². The lowest BCUT2D eigenvalue weighted by molar-refractivity contribution is -0.115. The molecule has 3 aromatic rings. The maximum absolute atomic E-state index is 12.5. The van der Waals surface area contributed by atoms with E-state index in [0.29, 0.717) is 24.1 Å². The minimum Gasteiger partial charge on any atom is -0.378 e. The van der Waals surface area contributed by atoms with Gasteiger partial charge in [0.15, 0.2) is 10.3 Å². The number of benzene rings is 1. The van der Waals surface area contributed by atoms with Gasteiger partial charge >= 0.3 is 0 Å². The summed E-state index contributed by atoms with van der Waals surface area (Å²) in [5.41, 5.74) is 2.94. The van der Waals surface area contributed by atoms with Crippen molar-refractivity contribution in [2.75, 3.05) is 36.1 Å². The van der Waals surface area contributed by atoms with E-state index in [-0.39, 0.29) is 5.91 Å². The molecule has 1 amide bonds. The van der Waals surface area contributed by atoms with Crippen LogP contribution in [0.2, 0.25) is 0 Å². The monoisotopic (exact) mass is 458 g/mol. The molecule has 3 heterocycles. The van der Waals surface area contributed by atoms with Gasteiger partial charge in [-0.3, -0.25) is 14.3 Å². The molecule has 10 heteroatoms. The van der Waals surface area contributed by atoms with E-state index >= 15 is 0 Å². The van der Waals surface area contributed by atoms with Gasteiger partial charge in [-0.05, 0) is 18.1 Å². The Morgan fingerprint density at radius 3 is 2.77 bits per heavy atom. The third-order valence-corrected chi connectivity index (χ3v) is 7.04. The maximum atomic E-state index is 12.5. The first kappa shape index (κ1) is 21.8. The average Bonchev–Trinajstić information content (AvgIpc) is 3.40. The Bertz CT molecular complexity index is 1040. The van der Waals surface area contributed by atoms with Crippen molar-refractivity contribution in [2.24, 2.45) is 7.05 Å². The Balaban J connectivity index is 1.48. The van der Waals surface area contributed by atoms with Gasteiger partial charge in [-0.1, -0.05) is 36.9 Å². The number of thiazole rings is 1. The van der Waals surface area contributed by atoms with Crippen LogP contribution in [-0.4, -0.2) is 52.0 Å². The molecule has 1 saturated heterocycles. The van der Waals surface area contributed by atoms with Gasteiger partial charge in [0.05, 0.1) is 24.6 Å². The predicted molar refractivity (Wildman–Crippen MR) is 124 cm³/mol. The minimum absolute atomic E-state index is 0.0436. The number of morpholine rings is 1. The van der Waals surface area contributed by atoms with Crippen LogP contribution >= 0.6 is 23.1 Å². The SMILES string of the molecule is CCc1ccccc1N(C(C)=O)c1nc(CSc2nnc(N3CCOCC3)n2C)cs1. The number of thioether (sulfide) groups is 1. The Morgan fingerprint density at radius 1 is 1.26 bits per heavy atom. The van der Waals surface area contributed by atoms with Gasteiger partial charge in [0.25, 0.3) is 0 Å². The second-order valence-corrected chi connectivity index (χ2v) is 8.97. The van der Waals surface area contributed by atoms with Gasteiger partial charge in [-0.15, -0.1) is 21.5 Å². The molecular formula is C21H26N6O2S2. The summed E-state index contributed by atoms with van der Waals surface area (Å²) in [5, 5.41) is 12.2. The lowest BCUT2D eigenvalue weighted by atomic mass is 10.1. The molecule has 0 saturated carbocycles. The molecule has 1 aliphatic rings. The average molecular weight is 459 g/mol. The number of aromatic nitrogens is 4. The van der Waals surface area contributed by atoms with Gasteiger partial charge in [0.1, 0.15) is 0 Å².